The molecule has 7 heteroatoms. The highest BCUT2D eigenvalue weighted by Gasteiger charge is 2.18. The van der Waals surface area contributed by atoms with Gasteiger partial charge in [0.1, 0.15) is 0 Å². The monoisotopic (exact) mass is 343 g/mol. The molecule has 1 fully saturated rings. The van der Waals surface area contributed by atoms with Gasteiger partial charge in [-0.05, 0) is 49.9 Å². The second-order valence-electron chi connectivity index (χ2n) is 6.66. The van der Waals surface area contributed by atoms with Crippen molar-refractivity contribution in [3.05, 3.63) is 41.3 Å². The topological polar surface area (TPSA) is 84.2 Å². The molecule has 1 N–H and O–H groups in total. The van der Waals surface area contributed by atoms with E-state index in [-0.39, 0.29) is 5.91 Å². The molecule has 0 bridgehead atoms. The number of aromatic nitrogens is 3. The molecule has 1 saturated heterocycles. The molecule has 1 aliphatic rings. The molecule has 1 amide bonds. The fourth-order valence-electron chi connectivity index (χ4n) is 3.11. The molecule has 1 atom stereocenters. The molecule has 134 valence electrons. The van der Waals surface area contributed by atoms with E-state index in [1.807, 2.05) is 12.3 Å². The van der Waals surface area contributed by atoms with E-state index < -0.39 is 0 Å². The number of carbonyl (C=O) groups excluding carboxylic acids is 1. The average molecular weight is 343 g/mol. The minimum absolute atomic E-state index is 0.0888. The van der Waals surface area contributed by atoms with Gasteiger partial charge in [-0.1, -0.05) is 12.1 Å². The number of carbonyl (C=O) groups is 1. The van der Waals surface area contributed by atoms with Crippen LogP contribution in [0.4, 0.5) is 0 Å². The van der Waals surface area contributed by atoms with Crippen LogP contribution in [-0.4, -0.2) is 46.1 Å². The summed E-state index contributed by atoms with van der Waals surface area (Å²) in [6.07, 6.45) is 7.34. The molecule has 3 heterocycles. The van der Waals surface area contributed by atoms with Crippen molar-refractivity contribution in [2.24, 2.45) is 5.92 Å². The van der Waals surface area contributed by atoms with Crippen molar-refractivity contribution in [1.82, 2.24) is 25.3 Å². The van der Waals surface area contributed by atoms with Gasteiger partial charge >= 0.3 is 0 Å². The number of nitrogens with zero attached hydrogens (tertiary/aromatic N) is 4. The lowest BCUT2D eigenvalue weighted by Crippen LogP contribution is -2.26. The number of rotatable bonds is 7. The molecular formula is C18H25N5O2. The Balaban J connectivity index is 1.62. The number of amides is 1. The van der Waals surface area contributed by atoms with Gasteiger partial charge < -0.3 is 14.7 Å². The Bertz CT molecular complexity index is 709. The molecule has 0 saturated carbocycles. The fraction of sp³-hybridized carbons (Fsp3) is 0.556. The van der Waals surface area contributed by atoms with Crippen molar-refractivity contribution in [2.75, 3.05) is 20.1 Å². The van der Waals surface area contributed by atoms with E-state index in [1.54, 1.807) is 18.1 Å². The maximum Gasteiger partial charge on any atom is 0.255 e. The van der Waals surface area contributed by atoms with Crippen molar-refractivity contribution >= 4 is 5.91 Å². The summed E-state index contributed by atoms with van der Waals surface area (Å²) in [6.45, 7) is 4.47. The summed E-state index contributed by atoms with van der Waals surface area (Å²) in [6, 6.07) is 1.94. The van der Waals surface area contributed by atoms with Crippen LogP contribution in [0.2, 0.25) is 0 Å². The molecule has 2 aromatic heterocycles. The van der Waals surface area contributed by atoms with Gasteiger partial charge in [0.15, 0.2) is 5.82 Å². The number of hydrogen-bond donors (Lipinski definition) is 1. The SMILES string of the molecule is CCCc1noc(CN(C)C(=O)c2cncc(CC3CCNC3)c2)n1. The highest BCUT2D eigenvalue weighted by Crippen LogP contribution is 2.16. The largest absolute Gasteiger partial charge is 0.337 e. The van der Waals surface area contributed by atoms with E-state index in [2.05, 4.69) is 27.4 Å². The number of nitrogens with one attached hydrogen (secondary N) is 1. The lowest BCUT2D eigenvalue weighted by atomic mass is 9.99. The zero-order valence-electron chi connectivity index (χ0n) is 14.9. The Morgan fingerprint density at radius 1 is 1.44 bits per heavy atom. The smallest absolute Gasteiger partial charge is 0.255 e. The predicted octanol–water partition coefficient (Wildman–Crippen LogP) is 1.84. The van der Waals surface area contributed by atoms with Crippen LogP contribution >= 0.6 is 0 Å². The number of aryl methyl sites for hydroxylation is 1. The van der Waals surface area contributed by atoms with Crippen LogP contribution in [0, 0.1) is 5.92 Å². The lowest BCUT2D eigenvalue weighted by molar-refractivity contribution is 0.0769. The van der Waals surface area contributed by atoms with Crippen molar-refractivity contribution in [3.63, 3.8) is 0 Å². The summed E-state index contributed by atoms with van der Waals surface area (Å²) in [7, 11) is 1.74. The molecule has 0 aromatic carbocycles. The molecule has 0 spiro atoms. The third-order valence-corrected chi connectivity index (χ3v) is 4.43. The zero-order valence-corrected chi connectivity index (χ0v) is 14.9. The van der Waals surface area contributed by atoms with Gasteiger partial charge in [-0.2, -0.15) is 4.98 Å². The first-order valence-corrected chi connectivity index (χ1v) is 8.87. The fourth-order valence-corrected chi connectivity index (χ4v) is 3.11. The molecule has 1 unspecified atom stereocenters. The normalized spacial score (nSPS) is 17.0. The van der Waals surface area contributed by atoms with Crippen molar-refractivity contribution in [1.29, 1.82) is 0 Å². The van der Waals surface area contributed by atoms with Gasteiger partial charge in [0.2, 0.25) is 5.89 Å². The van der Waals surface area contributed by atoms with Crippen LogP contribution in [0.25, 0.3) is 0 Å². The van der Waals surface area contributed by atoms with E-state index in [1.165, 1.54) is 6.42 Å². The predicted molar refractivity (Wildman–Crippen MR) is 93.0 cm³/mol. The van der Waals surface area contributed by atoms with Crippen molar-refractivity contribution < 1.29 is 9.32 Å². The average Bonchev–Trinajstić information content (AvgIpc) is 3.27. The molecule has 0 radical (unpaired) electrons. The van der Waals surface area contributed by atoms with Gasteiger partial charge in [0.25, 0.3) is 5.91 Å². The van der Waals surface area contributed by atoms with E-state index in [0.29, 0.717) is 29.7 Å². The van der Waals surface area contributed by atoms with E-state index in [9.17, 15) is 4.79 Å². The van der Waals surface area contributed by atoms with Gasteiger partial charge in [0, 0.05) is 25.9 Å². The maximum atomic E-state index is 12.7. The summed E-state index contributed by atoms with van der Waals surface area (Å²) in [5.41, 5.74) is 1.70. The first-order valence-electron chi connectivity index (χ1n) is 8.87. The summed E-state index contributed by atoms with van der Waals surface area (Å²) in [5.74, 6) is 1.68. The van der Waals surface area contributed by atoms with Gasteiger partial charge in [-0.25, -0.2) is 0 Å². The number of pyridine rings is 1. The van der Waals surface area contributed by atoms with Gasteiger partial charge in [-0.3, -0.25) is 9.78 Å². The summed E-state index contributed by atoms with van der Waals surface area (Å²) in [4.78, 5) is 22.8. The highest BCUT2D eigenvalue weighted by atomic mass is 16.5. The van der Waals surface area contributed by atoms with Crippen LogP contribution in [0.3, 0.4) is 0 Å². The Morgan fingerprint density at radius 3 is 3.08 bits per heavy atom. The first-order chi connectivity index (χ1) is 12.2. The molecule has 25 heavy (non-hydrogen) atoms. The van der Waals surface area contributed by atoms with Crippen LogP contribution in [0.5, 0.6) is 0 Å². The van der Waals surface area contributed by atoms with Crippen LogP contribution in [0.15, 0.2) is 23.0 Å². The van der Waals surface area contributed by atoms with Gasteiger partial charge in [0.05, 0.1) is 12.1 Å². The Labute approximate surface area is 147 Å². The first kappa shape index (κ1) is 17.5. The Hall–Kier alpha value is -2.28. The molecule has 0 aliphatic carbocycles. The third-order valence-electron chi connectivity index (χ3n) is 4.43. The van der Waals surface area contributed by atoms with Crippen molar-refractivity contribution in [3.8, 4) is 0 Å². The Kier molecular flexibility index (Phi) is 5.75. The summed E-state index contributed by atoms with van der Waals surface area (Å²) < 4.78 is 5.21. The second kappa shape index (κ2) is 8.20. The van der Waals surface area contributed by atoms with Crippen molar-refractivity contribution in [2.45, 2.75) is 39.2 Å². The Morgan fingerprint density at radius 2 is 2.32 bits per heavy atom. The number of hydrogen-bond acceptors (Lipinski definition) is 6. The maximum absolute atomic E-state index is 12.7. The summed E-state index contributed by atoms with van der Waals surface area (Å²) >= 11 is 0. The molecular weight excluding hydrogens is 318 g/mol. The van der Waals surface area contributed by atoms with E-state index in [0.717, 1.165) is 37.9 Å². The van der Waals surface area contributed by atoms with Crippen LogP contribution < -0.4 is 5.32 Å². The summed E-state index contributed by atoms with van der Waals surface area (Å²) in [5, 5.41) is 7.29. The van der Waals surface area contributed by atoms with Crippen LogP contribution in [0.1, 0.15) is 47.4 Å². The molecule has 1 aliphatic heterocycles. The quantitative estimate of drug-likeness (QED) is 0.826. The second-order valence-corrected chi connectivity index (χ2v) is 6.66. The lowest BCUT2D eigenvalue weighted by Gasteiger charge is -2.15. The standard InChI is InChI=1S/C18H25N5O2/c1-3-4-16-21-17(25-22-16)12-23(2)18(24)15-8-14(10-20-11-15)7-13-5-6-19-9-13/h8,10-11,13,19H,3-7,9,12H2,1-2H3. The third kappa shape index (κ3) is 4.63. The van der Waals surface area contributed by atoms with Crippen LogP contribution in [-0.2, 0) is 19.4 Å². The van der Waals surface area contributed by atoms with E-state index in [4.69, 9.17) is 4.52 Å². The minimum atomic E-state index is -0.0888. The molecule has 3 rings (SSSR count). The van der Waals surface area contributed by atoms with Gasteiger partial charge in [-0.15, -0.1) is 0 Å². The minimum Gasteiger partial charge on any atom is -0.337 e. The van der Waals surface area contributed by atoms with E-state index >= 15 is 0 Å². The zero-order chi connectivity index (χ0) is 17.6. The molecule has 7 nitrogen and oxygen atoms in total. The highest BCUT2D eigenvalue weighted by molar-refractivity contribution is 5.93. The molecule has 2 aromatic rings.